The molecule has 0 radical (unpaired) electrons. The molecule has 1 heterocycles. The summed E-state index contributed by atoms with van der Waals surface area (Å²) in [5.74, 6) is -0.0702. The van der Waals surface area contributed by atoms with Crippen LogP contribution in [0.3, 0.4) is 0 Å². The Morgan fingerprint density at radius 1 is 1.33 bits per heavy atom. The highest BCUT2D eigenvalue weighted by molar-refractivity contribution is 7.89. The zero-order chi connectivity index (χ0) is 16.1. The molecule has 1 aliphatic heterocycles. The summed E-state index contributed by atoms with van der Waals surface area (Å²) in [5, 5.41) is 8.15. The van der Waals surface area contributed by atoms with Gasteiger partial charge in [-0.3, -0.25) is 0 Å². The molecule has 1 amide bonds. The van der Waals surface area contributed by atoms with Crippen molar-refractivity contribution >= 4 is 16.1 Å². The number of primary sulfonamides is 1. The smallest absolute Gasteiger partial charge is 0.410 e. The van der Waals surface area contributed by atoms with Crippen molar-refractivity contribution in [3.05, 3.63) is 0 Å². The van der Waals surface area contributed by atoms with Gasteiger partial charge in [0, 0.05) is 25.7 Å². The molecule has 1 atom stereocenters. The summed E-state index contributed by atoms with van der Waals surface area (Å²) >= 11 is 0. The second kappa shape index (κ2) is 7.42. The van der Waals surface area contributed by atoms with Crippen LogP contribution in [0.2, 0.25) is 0 Å². The van der Waals surface area contributed by atoms with Crippen molar-refractivity contribution in [1.82, 2.24) is 10.2 Å². The first-order valence-electron chi connectivity index (χ1n) is 7.28. The molecule has 1 saturated heterocycles. The van der Waals surface area contributed by atoms with Gasteiger partial charge in [0.15, 0.2) is 0 Å². The number of hydrogen-bond acceptors (Lipinski definition) is 5. The topological polar surface area (TPSA) is 102 Å². The number of carbonyl (C=O) groups is 1. The molecular formula is C13H27N3O4S. The Bertz CT molecular complexity index is 445. The van der Waals surface area contributed by atoms with E-state index in [-0.39, 0.29) is 17.9 Å². The highest BCUT2D eigenvalue weighted by Crippen LogP contribution is 2.15. The molecule has 0 aromatic heterocycles. The number of amides is 1. The summed E-state index contributed by atoms with van der Waals surface area (Å²) in [4.78, 5) is 13.7. The molecule has 21 heavy (non-hydrogen) atoms. The number of likely N-dealkylation sites (tertiary alicyclic amines) is 1. The molecule has 0 aromatic carbocycles. The minimum atomic E-state index is -3.43. The van der Waals surface area contributed by atoms with Crippen LogP contribution in [0, 0.1) is 0 Å². The van der Waals surface area contributed by atoms with E-state index in [1.165, 1.54) is 0 Å². The lowest BCUT2D eigenvalue weighted by Gasteiger charge is -2.26. The third-order valence-corrected chi connectivity index (χ3v) is 3.97. The standard InChI is InChI=1S/C13H27N3O4S/c1-13(2,3)20-12(17)16-8-4-5-11(6-9-16)15-7-10-21(14,18)19/h11,15H,4-10H2,1-3H3,(H2,14,18,19). The normalized spacial score (nSPS) is 21.0. The molecule has 0 saturated carbocycles. The lowest BCUT2D eigenvalue weighted by atomic mass is 10.1. The maximum atomic E-state index is 12.0. The van der Waals surface area contributed by atoms with Gasteiger partial charge in [-0.2, -0.15) is 0 Å². The van der Waals surface area contributed by atoms with Crippen molar-refractivity contribution in [2.24, 2.45) is 5.14 Å². The minimum Gasteiger partial charge on any atom is -0.444 e. The van der Waals surface area contributed by atoms with Crippen LogP contribution in [0.4, 0.5) is 4.79 Å². The van der Waals surface area contributed by atoms with Gasteiger partial charge in [0.2, 0.25) is 10.0 Å². The maximum absolute atomic E-state index is 12.0. The number of ether oxygens (including phenoxy) is 1. The van der Waals surface area contributed by atoms with Crippen molar-refractivity contribution < 1.29 is 17.9 Å². The molecule has 3 N–H and O–H groups in total. The van der Waals surface area contributed by atoms with Gasteiger partial charge in [-0.15, -0.1) is 0 Å². The maximum Gasteiger partial charge on any atom is 0.410 e. The third kappa shape index (κ3) is 8.23. The molecule has 124 valence electrons. The van der Waals surface area contributed by atoms with Crippen LogP contribution in [0.5, 0.6) is 0 Å². The Kier molecular flexibility index (Phi) is 6.42. The van der Waals surface area contributed by atoms with Crippen LogP contribution in [-0.4, -0.2) is 56.4 Å². The fourth-order valence-electron chi connectivity index (χ4n) is 2.21. The average molecular weight is 321 g/mol. The molecule has 0 spiro atoms. The lowest BCUT2D eigenvalue weighted by Crippen LogP contribution is -2.38. The highest BCUT2D eigenvalue weighted by atomic mass is 32.2. The number of nitrogens with zero attached hydrogens (tertiary/aromatic N) is 1. The molecule has 1 unspecified atom stereocenters. The monoisotopic (exact) mass is 321 g/mol. The summed E-state index contributed by atoms with van der Waals surface area (Å²) in [6.45, 7) is 7.17. The summed E-state index contributed by atoms with van der Waals surface area (Å²) < 4.78 is 27.1. The molecule has 0 aromatic rings. The van der Waals surface area contributed by atoms with E-state index < -0.39 is 15.6 Å². The quantitative estimate of drug-likeness (QED) is 0.792. The van der Waals surface area contributed by atoms with Crippen LogP contribution in [-0.2, 0) is 14.8 Å². The first kappa shape index (κ1) is 18.2. The van der Waals surface area contributed by atoms with Gasteiger partial charge >= 0.3 is 6.09 Å². The Morgan fingerprint density at radius 3 is 2.57 bits per heavy atom. The van der Waals surface area contributed by atoms with Crippen LogP contribution in [0.25, 0.3) is 0 Å². The van der Waals surface area contributed by atoms with E-state index in [1.54, 1.807) is 4.90 Å². The molecule has 0 aliphatic carbocycles. The number of hydrogen-bond donors (Lipinski definition) is 2. The summed E-state index contributed by atoms with van der Waals surface area (Å²) in [6, 6.07) is 0.208. The fraction of sp³-hybridized carbons (Fsp3) is 0.923. The first-order valence-corrected chi connectivity index (χ1v) is 9.00. The third-order valence-electron chi connectivity index (χ3n) is 3.20. The predicted octanol–water partition coefficient (Wildman–Crippen LogP) is 0.654. The Morgan fingerprint density at radius 2 is 2.00 bits per heavy atom. The van der Waals surface area contributed by atoms with E-state index in [4.69, 9.17) is 9.88 Å². The van der Waals surface area contributed by atoms with Crippen LogP contribution < -0.4 is 10.5 Å². The second-order valence-corrected chi connectivity index (χ2v) is 8.15. The fourth-order valence-corrected chi connectivity index (χ4v) is 2.62. The average Bonchev–Trinajstić information content (AvgIpc) is 2.50. The molecule has 8 heteroatoms. The van der Waals surface area contributed by atoms with Crippen LogP contribution in [0.1, 0.15) is 40.0 Å². The van der Waals surface area contributed by atoms with Crippen molar-refractivity contribution in [3.8, 4) is 0 Å². The van der Waals surface area contributed by atoms with Gasteiger partial charge in [-0.1, -0.05) is 0 Å². The van der Waals surface area contributed by atoms with Crippen molar-refractivity contribution in [2.45, 2.75) is 51.7 Å². The van der Waals surface area contributed by atoms with E-state index >= 15 is 0 Å². The van der Waals surface area contributed by atoms with E-state index in [0.717, 1.165) is 19.3 Å². The van der Waals surface area contributed by atoms with Crippen LogP contribution >= 0.6 is 0 Å². The van der Waals surface area contributed by atoms with Crippen LogP contribution in [0.15, 0.2) is 0 Å². The molecule has 1 fully saturated rings. The lowest BCUT2D eigenvalue weighted by molar-refractivity contribution is 0.0256. The second-order valence-electron chi connectivity index (χ2n) is 6.42. The zero-order valence-electron chi connectivity index (χ0n) is 13.1. The van der Waals surface area contributed by atoms with Gasteiger partial charge in [-0.25, -0.2) is 18.4 Å². The van der Waals surface area contributed by atoms with Gasteiger partial charge < -0.3 is 15.0 Å². The number of carbonyl (C=O) groups excluding carboxylic acids is 1. The van der Waals surface area contributed by atoms with Gasteiger partial charge in [-0.05, 0) is 40.0 Å². The van der Waals surface area contributed by atoms with E-state index in [9.17, 15) is 13.2 Å². The molecule has 7 nitrogen and oxygen atoms in total. The first-order chi connectivity index (χ1) is 9.57. The Hall–Kier alpha value is -0.860. The largest absolute Gasteiger partial charge is 0.444 e. The number of rotatable bonds is 4. The van der Waals surface area contributed by atoms with Crippen molar-refractivity contribution in [1.29, 1.82) is 0 Å². The molecular weight excluding hydrogens is 294 g/mol. The number of sulfonamides is 1. The highest BCUT2D eigenvalue weighted by Gasteiger charge is 2.25. The SMILES string of the molecule is CC(C)(C)OC(=O)N1CCCC(NCCS(N)(=O)=O)CC1. The number of nitrogens with two attached hydrogens (primary N) is 1. The summed E-state index contributed by atoms with van der Waals surface area (Å²) in [7, 11) is -3.43. The minimum absolute atomic E-state index is 0.0702. The van der Waals surface area contributed by atoms with E-state index in [0.29, 0.717) is 19.6 Å². The predicted molar refractivity (Wildman–Crippen MR) is 81.4 cm³/mol. The van der Waals surface area contributed by atoms with E-state index in [2.05, 4.69) is 5.32 Å². The Balaban J connectivity index is 2.38. The number of nitrogens with one attached hydrogen (secondary N) is 1. The van der Waals surface area contributed by atoms with Crippen molar-refractivity contribution in [2.75, 3.05) is 25.4 Å². The van der Waals surface area contributed by atoms with Gasteiger partial charge in [0.1, 0.15) is 5.60 Å². The molecule has 1 aliphatic rings. The van der Waals surface area contributed by atoms with Gasteiger partial charge in [0.05, 0.1) is 5.75 Å². The zero-order valence-corrected chi connectivity index (χ0v) is 13.9. The van der Waals surface area contributed by atoms with Gasteiger partial charge in [0.25, 0.3) is 0 Å². The summed E-state index contributed by atoms with van der Waals surface area (Å²) in [6.07, 6.45) is 2.27. The Labute approximate surface area is 127 Å². The van der Waals surface area contributed by atoms with E-state index in [1.807, 2.05) is 20.8 Å². The molecule has 0 bridgehead atoms. The molecule has 1 rings (SSSR count). The summed E-state index contributed by atoms with van der Waals surface area (Å²) in [5.41, 5.74) is -0.490. The van der Waals surface area contributed by atoms with Crippen molar-refractivity contribution in [3.63, 3.8) is 0 Å².